The number of nitrogens with one attached hydrogen (secondary N) is 11. The molecule has 45 heavy (non-hydrogen) atoms. The Morgan fingerprint density at radius 3 is 1.13 bits per heavy atom. The van der Waals surface area contributed by atoms with Crippen LogP contribution in [0.25, 0.3) is 0 Å². The van der Waals surface area contributed by atoms with Gasteiger partial charge in [0, 0.05) is 26.2 Å². The summed E-state index contributed by atoms with van der Waals surface area (Å²) in [5.41, 5.74) is 27.1. The fourth-order valence-electron chi connectivity index (χ4n) is 3.88. The van der Waals surface area contributed by atoms with Gasteiger partial charge in [0.15, 0.2) is 23.8 Å². The van der Waals surface area contributed by atoms with Crippen molar-refractivity contribution in [3.63, 3.8) is 0 Å². The molecule has 0 aromatic carbocycles. The Hall–Kier alpha value is -5.08. The van der Waals surface area contributed by atoms with E-state index in [4.69, 9.17) is 50.3 Å². The summed E-state index contributed by atoms with van der Waals surface area (Å²) >= 11 is 0. The Balaban J connectivity index is 5.68. The van der Waals surface area contributed by atoms with Crippen LogP contribution in [0, 0.1) is 21.6 Å². The molecule has 0 fully saturated rings. The van der Waals surface area contributed by atoms with Crippen molar-refractivity contribution in [2.75, 3.05) is 26.2 Å². The number of amides is 3. The first-order chi connectivity index (χ1) is 21.1. The molecule has 22 N–H and O–H groups in total. The van der Waals surface area contributed by atoms with Gasteiger partial charge in [0.05, 0.1) is 6.04 Å². The Morgan fingerprint density at radius 2 is 0.800 bits per heavy atom. The first-order valence-electron chi connectivity index (χ1n) is 14.3. The fraction of sp³-hybridized carbons (Fsp3) is 0.667. The third-order valence-electron chi connectivity index (χ3n) is 6.18. The third-order valence-corrected chi connectivity index (χ3v) is 6.18. The summed E-state index contributed by atoms with van der Waals surface area (Å²) < 4.78 is 0. The highest BCUT2D eigenvalue weighted by molar-refractivity contribution is 5.94. The summed E-state index contributed by atoms with van der Waals surface area (Å²) in [5, 5.41) is 56.5. The first-order valence-corrected chi connectivity index (χ1v) is 14.3. The number of nitrogens with two attached hydrogens (primary N) is 5. The molecule has 0 saturated carbocycles. The van der Waals surface area contributed by atoms with Gasteiger partial charge in [0.25, 0.3) is 0 Å². The molecule has 0 unspecified atom stereocenters. The van der Waals surface area contributed by atoms with Gasteiger partial charge in [-0.3, -0.25) is 36.0 Å². The highest BCUT2D eigenvalue weighted by Crippen LogP contribution is 2.06. The Morgan fingerprint density at radius 1 is 0.511 bits per heavy atom. The molecular weight excluding hydrogens is 592 g/mol. The quantitative estimate of drug-likeness (QED) is 0.0282. The molecule has 21 nitrogen and oxygen atoms in total. The summed E-state index contributed by atoms with van der Waals surface area (Å²) in [6.07, 6.45) is 1.59. The van der Waals surface area contributed by atoms with E-state index >= 15 is 0 Å². The minimum Gasteiger partial charge on any atom is -0.480 e. The number of rotatable bonds is 23. The minimum atomic E-state index is -1.30. The van der Waals surface area contributed by atoms with E-state index in [0.717, 1.165) is 0 Å². The van der Waals surface area contributed by atoms with Gasteiger partial charge >= 0.3 is 5.97 Å². The molecule has 3 amide bonds. The number of carboxylic acids is 1. The SMILES string of the molecule is N=C(N)NCCC[C@H](NC(=O)[C@H](CCCNC(=N)N)NC(=O)[C@H](CCCNC(=N)N)NC(=O)[C@@H](N)CCCNC(=N)N)C(=O)O. The van der Waals surface area contributed by atoms with Gasteiger partial charge in [-0.2, -0.15) is 0 Å². The maximum absolute atomic E-state index is 13.4. The third kappa shape index (κ3) is 20.5. The van der Waals surface area contributed by atoms with Crippen LogP contribution < -0.4 is 65.9 Å². The van der Waals surface area contributed by atoms with Gasteiger partial charge in [0.1, 0.15) is 18.1 Å². The molecule has 0 spiro atoms. The zero-order valence-corrected chi connectivity index (χ0v) is 25.3. The van der Waals surface area contributed by atoms with Crippen molar-refractivity contribution < 1.29 is 24.3 Å². The summed E-state index contributed by atoms with van der Waals surface area (Å²) in [4.78, 5) is 51.3. The number of carbonyl (C=O) groups excluding carboxylic acids is 3. The van der Waals surface area contributed by atoms with Crippen molar-refractivity contribution in [3.8, 4) is 0 Å². The Bertz CT molecular complexity index is 1030. The van der Waals surface area contributed by atoms with Crippen LogP contribution in [0.5, 0.6) is 0 Å². The molecule has 0 radical (unpaired) electrons. The lowest BCUT2D eigenvalue weighted by Gasteiger charge is -2.25. The molecule has 0 aromatic heterocycles. The van der Waals surface area contributed by atoms with Crippen LogP contribution in [0.15, 0.2) is 0 Å². The van der Waals surface area contributed by atoms with Gasteiger partial charge in [-0.25, -0.2) is 4.79 Å². The van der Waals surface area contributed by atoms with E-state index in [1.807, 2.05) is 0 Å². The molecule has 256 valence electrons. The number of hydrogen-bond acceptors (Lipinski definition) is 9. The summed E-state index contributed by atoms with van der Waals surface area (Å²) in [6.45, 7) is 0.938. The molecule has 0 saturated heterocycles. The van der Waals surface area contributed by atoms with Gasteiger partial charge < -0.3 is 71.0 Å². The second-order valence-corrected chi connectivity index (χ2v) is 10.1. The van der Waals surface area contributed by atoms with E-state index in [1.54, 1.807) is 0 Å². The lowest BCUT2D eigenvalue weighted by atomic mass is 10.0. The Kier molecular flexibility index (Phi) is 19.9. The smallest absolute Gasteiger partial charge is 0.326 e. The van der Waals surface area contributed by atoms with Crippen molar-refractivity contribution >= 4 is 47.5 Å². The molecule has 0 rings (SSSR count). The lowest BCUT2D eigenvalue weighted by Crippen LogP contribution is -2.57. The number of carbonyl (C=O) groups is 4. The zero-order chi connectivity index (χ0) is 34.4. The molecule has 21 heteroatoms. The van der Waals surface area contributed by atoms with E-state index in [9.17, 15) is 24.3 Å². The highest BCUT2D eigenvalue weighted by atomic mass is 16.4. The van der Waals surface area contributed by atoms with Crippen molar-refractivity contribution in [2.24, 2.45) is 28.7 Å². The topological polar surface area (TPSA) is 398 Å². The van der Waals surface area contributed by atoms with Gasteiger partial charge in [-0.15, -0.1) is 0 Å². The molecule has 0 aliphatic carbocycles. The van der Waals surface area contributed by atoms with E-state index in [2.05, 4.69) is 37.2 Å². The van der Waals surface area contributed by atoms with Gasteiger partial charge in [-0.05, 0) is 51.4 Å². The summed E-state index contributed by atoms with van der Waals surface area (Å²) in [6, 6.07) is -4.66. The molecule has 0 aliphatic heterocycles. The Labute approximate surface area is 261 Å². The van der Waals surface area contributed by atoms with Crippen molar-refractivity contribution in [3.05, 3.63) is 0 Å². The normalized spacial score (nSPS) is 13.1. The van der Waals surface area contributed by atoms with Crippen LogP contribution in [0.1, 0.15) is 51.4 Å². The van der Waals surface area contributed by atoms with Crippen LogP contribution in [0.2, 0.25) is 0 Å². The average Bonchev–Trinajstić information content (AvgIpc) is 2.94. The fourth-order valence-corrected chi connectivity index (χ4v) is 3.88. The van der Waals surface area contributed by atoms with E-state index in [1.165, 1.54) is 0 Å². The zero-order valence-electron chi connectivity index (χ0n) is 25.3. The van der Waals surface area contributed by atoms with Crippen LogP contribution in [-0.4, -0.2) is 103 Å². The predicted molar refractivity (Wildman–Crippen MR) is 168 cm³/mol. The first kappa shape index (κ1) is 39.9. The largest absolute Gasteiger partial charge is 0.480 e. The van der Waals surface area contributed by atoms with E-state index in [-0.39, 0.29) is 82.0 Å². The van der Waals surface area contributed by atoms with Crippen LogP contribution in [0.4, 0.5) is 0 Å². The molecule has 0 aromatic rings. The van der Waals surface area contributed by atoms with Crippen molar-refractivity contribution in [1.29, 1.82) is 21.6 Å². The summed E-state index contributed by atoms with van der Waals surface area (Å²) in [7, 11) is 0. The second-order valence-electron chi connectivity index (χ2n) is 10.1. The molecule has 0 heterocycles. The maximum Gasteiger partial charge on any atom is 0.326 e. The summed E-state index contributed by atoms with van der Waals surface area (Å²) in [5.74, 6) is -4.51. The maximum atomic E-state index is 13.4. The molecule has 4 atom stereocenters. The van der Waals surface area contributed by atoms with E-state index in [0.29, 0.717) is 19.4 Å². The number of guanidine groups is 4. The molecule has 0 aliphatic rings. The second kappa shape index (κ2) is 22.5. The molecule has 0 bridgehead atoms. The number of hydrogen-bond donors (Lipinski definition) is 17. The number of aliphatic carboxylic acids is 1. The monoisotopic (exact) mass is 642 g/mol. The van der Waals surface area contributed by atoms with Crippen LogP contribution in [0.3, 0.4) is 0 Å². The van der Waals surface area contributed by atoms with Gasteiger partial charge in [-0.1, -0.05) is 0 Å². The standard InChI is InChI=1S/C24H50N16O5/c25-13(5-1-9-34-21(26)27)17(41)38-14(6-2-10-35-22(28)29)18(42)39-15(7-3-11-36-23(30)31)19(43)40-16(20(44)45)8-4-12-37-24(32)33/h13-16H,1-12,25H2,(H,38,41)(H,39,42)(H,40,43)(H,44,45)(H4,26,27,34)(H4,28,29,35)(H4,30,31,36)(H4,32,33,37)/t13-,14-,15-,16-/m0/s1. The minimum absolute atomic E-state index is 0.00949. The van der Waals surface area contributed by atoms with Crippen LogP contribution in [-0.2, 0) is 19.2 Å². The van der Waals surface area contributed by atoms with Crippen LogP contribution >= 0.6 is 0 Å². The highest BCUT2D eigenvalue weighted by Gasteiger charge is 2.30. The van der Waals surface area contributed by atoms with Crippen molar-refractivity contribution in [2.45, 2.75) is 75.5 Å². The molecular formula is C24H50N16O5. The van der Waals surface area contributed by atoms with Gasteiger partial charge in [0.2, 0.25) is 17.7 Å². The average molecular weight is 643 g/mol. The number of carboxylic acid groups (broad SMARTS) is 1. The predicted octanol–water partition coefficient (Wildman–Crippen LogP) is -5.09. The van der Waals surface area contributed by atoms with E-state index < -0.39 is 47.9 Å². The van der Waals surface area contributed by atoms with Crippen molar-refractivity contribution in [1.82, 2.24) is 37.2 Å². The lowest BCUT2D eigenvalue weighted by molar-refractivity contribution is -0.142.